The van der Waals surface area contributed by atoms with E-state index in [0.717, 1.165) is 60.8 Å². The van der Waals surface area contributed by atoms with Crippen LogP contribution in [0.4, 0.5) is 5.13 Å². The van der Waals surface area contributed by atoms with Gasteiger partial charge in [0.1, 0.15) is 0 Å². The van der Waals surface area contributed by atoms with E-state index in [1.807, 2.05) is 0 Å². The van der Waals surface area contributed by atoms with Crippen molar-refractivity contribution in [2.24, 2.45) is 0 Å². The average Bonchev–Trinajstić information content (AvgIpc) is 2.82. The molecule has 0 saturated carbocycles. The molecule has 1 aromatic rings. The van der Waals surface area contributed by atoms with Gasteiger partial charge >= 0.3 is 0 Å². The van der Waals surface area contributed by atoms with Gasteiger partial charge in [0.15, 0.2) is 11.4 Å². The fourth-order valence-corrected chi connectivity index (χ4v) is 3.26. The first-order valence-electron chi connectivity index (χ1n) is 6.51. The minimum Gasteiger partial charge on any atom is -0.380 e. The number of aldehydes is 1. The lowest BCUT2D eigenvalue weighted by Gasteiger charge is -2.31. The number of ether oxygens (including phenoxy) is 1. The summed E-state index contributed by atoms with van der Waals surface area (Å²) in [6.45, 7) is 4.00. The van der Waals surface area contributed by atoms with Gasteiger partial charge in [-0.2, -0.15) is 0 Å². The van der Waals surface area contributed by atoms with Crippen molar-refractivity contribution in [3.63, 3.8) is 0 Å². The summed E-state index contributed by atoms with van der Waals surface area (Å²) in [6, 6.07) is 0. The fourth-order valence-electron chi connectivity index (χ4n) is 2.30. The van der Waals surface area contributed by atoms with Crippen LogP contribution < -0.4 is 4.90 Å². The number of aryl methyl sites for hydroxylation is 1. The van der Waals surface area contributed by atoms with E-state index in [4.69, 9.17) is 4.74 Å². The maximum absolute atomic E-state index is 11.0. The monoisotopic (exact) mass is 268 g/mol. The Hall–Kier alpha value is -0.940. The Morgan fingerprint density at radius 1 is 1.61 bits per heavy atom. The number of aromatic nitrogens is 1. The Morgan fingerprint density at radius 2 is 2.44 bits per heavy atom. The molecule has 0 bridgehead atoms. The van der Waals surface area contributed by atoms with Crippen LogP contribution in [0.2, 0.25) is 0 Å². The van der Waals surface area contributed by atoms with E-state index in [9.17, 15) is 4.79 Å². The molecule has 2 rings (SSSR count). The maximum Gasteiger partial charge on any atom is 0.186 e. The van der Waals surface area contributed by atoms with Gasteiger partial charge in [-0.25, -0.2) is 4.98 Å². The van der Waals surface area contributed by atoms with Gasteiger partial charge in [-0.1, -0.05) is 24.7 Å². The summed E-state index contributed by atoms with van der Waals surface area (Å²) in [7, 11) is 1.76. The van der Waals surface area contributed by atoms with Gasteiger partial charge in [-0.05, 0) is 19.3 Å². The van der Waals surface area contributed by atoms with Gasteiger partial charge in [-0.15, -0.1) is 0 Å². The standard InChI is InChI=1S/C13H20N2O2S/c1-3-5-11-12(9-16)18-13(14-11)15-7-4-6-10(8-15)17-2/h9-10H,3-8H2,1-2H3. The highest BCUT2D eigenvalue weighted by atomic mass is 32.1. The Labute approximate surface area is 112 Å². The Balaban J connectivity index is 2.14. The summed E-state index contributed by atoms with van der Waals surface area (Å²) < 4.78 is 5.42. The summed E-state index contributed by atoms with van der Waals surface area (Å²) in [5.41, 5.74) is 0.951. The Bertz CT molecular complexity index is 406. The highest BCUT2D eigenvalue weighted by molar-refractivity contribution is 7.17. The summed E-state index contributed by atoms with van der Waals surface area (Å²) in [6.07, 6.45) is 5.36. The van der Waals surface area contributed by atoms with Crippen molar-refractivity contribution in [3.05, 3.63) is 10.6 Å². The van der Waals surface area contributed by atoms with Gasteiger partial charge in [0, 0.05) is 20.2 Å². The molecule has 1 saturated heterocycles. The van der Waals surface area contributed by atoms with Gasteiger partial charge in [0.25, 0.3) is 0 Å². The van der Waals surface area contributed by atoms with Crippen LogP contribution in [0, 0.1) is 0 Å². The van der Waals surface area contributed by atoms with Crippen LogP contribution in [-0.4, -0.2) is 37.6 Å². The molecule has 0 aliphatic carbocycles. The highest BCUT2D eigenvalue weighted by Crippen LogP contribution is 2.28. The molecule has 1 aliphatic heterocycles. The summed E-state index contributed by atoms with van der Waals surface area (Å²) in [5.74, 6) is 0. The summed E-state index contributed by atoms with van der Waals surface area (Å²) in [4.78, 5) is 18.7. The van der Waals surface area contributed by atoms with E-state index < -0.39 is 0 Å². The molecule has 18 heavy (non-hydrogen) atoms. The Morgan fingerprint density at radius 3 is 3.11 bits per heavy atom. The molecule has 5 heteroatoms. The normalized spacial score (nSPS) is 20.1. The van der Waals surface area contributed by atoms with E-state index in [1.165, 1.54) is 11.3 Å². The lowest BCUT2D eigenvalue weighted by atomic mass is 10.1. The molecule has 0 amide bonds. The van der Waals surface area contributed by atoms with Crippen LogP contribution in [0.25, 0.3) is 0 Å². The number of thiazole rings is 1. The third kappa shape index (κ3) is 2.90. The first kappa shape index (κ1) is 13.5. The van der Waals surface area contributed by atoms with Crippen molar-refractivity contribution >= 4 is 22.8 Å². The third-order valence-electron chi connectivity index (χ3n) is 3.29. The van der Waals surface area contributed by atoms with E-state index >= 15 is 0 Å². The number of hydrogen-bond donors (Lipinski definition) is 0. The number of methoxy groups -OCH3 is 1. The zero-order valence-electron chi connectivity index (χ0n) is 11.0. The molecule has 0 aromatic carbocycles. The SMILES string of the molecule is CCCc1nc(N2CCCC(OC)C2)sc1C=O. The van der Waals surface area contributed by atoms with Crippen LogP contribution in [0.3, 0.4) is 0 Å². The number of carbonyl (C=O) groups excluding carboxylic acids is 1. The fraction of sp³-hybridized carbons (Fsp3) is 0.692. The van der Waals surface area contributed by atoms with E-state index in [1.54, 1.807) is 7.11 Å². The van der Waals surface area contributed by atoms with Crippen molar-refractivity contribution in [1.82, 2.24) is 4.98 Å². The number of piperidine rings is 1. The molecule has 0 spiro atoms. The van der Waals surface area contributed by atoms with E-state index in [0.29, 0.717) is 0 Å². The van der Waals surface area contributed by atoms with Crippen LogP contribution in [0.15, 0.2) is 0 Å². The van der Waals surface area contributed by atoms with Crippen LogP contribution in [-0.2, 0) is 11.2 Å². The van der Waals surface area contributed by atoms with Crippen molar-refractivity contribution < 1.29 is 9.53 Å². The second kappa shape index (κ2) is 6.29. The van der Waals surface area contributed by atoms with Gasteiger partial charge in [-0.3, -0.25) is 4.79 Å². The maximum atomic E-state index is 11.0. The quantitative estimate of drug-likeness (QED) is 0.770. The molecule has 0 radical (unpaired) electrons. The van der Waals surface area contributed by atoms with Gasteiger partial charge in [0.05, 0.1) is 16.7 Å². The van der Waals surface area contributed by atoms with Gasteiger partial charge < -0.3 is 9.64 Å². The van der Waals surface area contributed by atoms with Crippen molar-refractivity contribution in [3.8, 4) is 0 Å². The predicted octanol–water partition coefficient (Wildman–Crippen LogP) is 2.52. The summed E-state index contributed by atoms with van der Waals surface area (Å²) >= 11 is 1.51. The molecule has 4 nitrogen and oxygen atoms in total. The smallest absolute Gasteiger partial charge is 0.186 e. The highest BCUT2D eigenvalue weighted by Gasteiger charge is 2.23. The zero-order chi connectivity index (χ0) is 13.0. The molecule has 1 aliphatic rings. The predicted molar refractivity (Wildman–Crippen MR) is 73.7 cm³/mol. The molecule has 100 valence electrons. The minimum atomic E-state index is 0.289. The second-order valence-electron chi connectivity index (χ2n) is 4.62. The average molecular weight is 268 g/mol. The van der Waals surface area contributed by atoms with Crippen LogP contribution in [0.5, 0.6) is 0 Å². The van der Waals surface area contributed by atoms with Crippen LogP contribution >= 0.6 is 11.3 Å². The number of hydrogen-bond acceptors (Lipinski definition) is 5. The second-order valence-corrected chi connectivity index (χ2v) is 5.63. The molecule has 2 heterocycles. The number of nitrogens with zero attached hydrogens (tertiary/aromatic N) is 2. The molecule has 1 atom stereocenters. The molecule has 0 N–H and O–H groups in total. The third-order valence-corrected chi connectivity index (χ3v) is 4.38. The first-order valence-corrected chi connectivity index (χ1v) is 7.32. The molecule has 1 aromatic heterocycles. The number of carbonyl (C=O) groups is 1. The van der Waals surface area contributed by atoms with E-state index in [-0.39, 0.29) is 6.10 Å². The number of rotatable bonds is 5. The Kier molecular flexibility index (Phi) is 4.72. The zero-order valence-corrected chi connectivity index (χ0v) is 11.8. The minimum absolute atomic E-state index is 0.289. The van der Waals surface area contributed by atoms with Crippen molar-refractivity contribution in [1.29, 1.82) is 0 Å². The molecule has 1 unspecified atom stereocenters. The van der Waals surface area contributed by atoms with Crippen molar-refractivity contribution in [2.45, 2.75) is 38.7 Å². The lowest BCUT2D eigenvalue weighted by Crippen LogP contribution is -2.39. The first-order chi connectivity index (χ1) is 8.78. The molecular weight excluding hydrogens is 248 g/mol. The van der Waals surface area contributed by atoms with E-state index in [2.05, 4.69) is 16.8 Å². The lowest BCUT2D eigenvalue weighted by molar-refractivity contribution is 0.0893. The number of anilines is 1. The van der Waals surface area contributed by atoms with Gasteiger partial charge in [0.2, 0.25) is 0 Å². The molecular formula is C13H20N2O2S. The summed E-state index contributed by atoms with van der Waals surface area (Å²) in [5, 5.41) is 0.974. The molecule has 1 fully saturated rings. The largest absolute Gasteiger partial charge is 0.380 e. The van der Waals surface area contributed by atoms with Crippen LogP contribution in [0.1, 0.15) is 41.6 Å². The topological polar surface area (TPSA) is 42.4 Å². The van der Waals surface area contributed by atoms with Crippen molar-refractivity contribution in [2.75, 3.05) is 25.1 Å².